The maximum Gasteiger partial charge on any atom is 0.138 e. The highest BCUT2D eigenvalue weighted by atomic mass is 79.9. The van der Waals surface area contributed by atoms with E-state index in [1.807, 2.05) is 18.2 Å². The second-order valence-electron chi connectivity index (χ2n) is 5.99. The minimum atomic E-state index is 0.206. The molecule has 3 nitrogen and oxygen atoms in total. The van der Waals surface area contributed by atoms with E-state index in [0.29, 0.717) is 5.58 Å². The van der Waals surface area contributed by atoms with Gasteiger partial charge >= 0.3 is 0 Å². The van der Waals surface area contributed by atoms with Crippen LogP contribution in [-0.4, -0.2) is 15.5 Å². The minimum Gasteiger partial charge on any atom is -0.508 e. The molecule has 0 radical (unpaired) electrons. The van der Waals surface area contributed by atoms with Crippen LogP contribution in [0.25, 0.3) is 22.3 Å². The molecule has 1 heterocycles. The predicted molar refractivity (Wildman–Crippen MR) is 101 cm³/mol. The topological polar surface area (TPSA) is 53.6 Å². The first-order valence-corrected chi connectivity index (χ1v) is 9.41. The molecule has 24 heavy (non-hydrogen) atoms. The third-order valence-corrected chi connectivity index (χ3v) is 4.78. The van der Waals surface area contributed by atoms with Crippen molar-refractivity contribution in [3.05, 3.63) is 48.0 Å². The summed E-state index contributed by atoms with van der Waals surface area (Å²) in [7, 11) is 0. The Bertz CT molecular complexity index is 806. The number of phenolic OH excluding ortho intramolecular Hbond substituents is 2. The zero-order valence-electron chi connectivity index (χ0n) is 13.5. The monoisotopic (exact) mass is 388 g/mol. The van der Waals surface area contributed by atoms with Crippen LogP contribution < -0.4 is 0 Å². The van der Waals surface area contributed by atoms with Gasteiger partial charge in [-0.05, 0) is 55.7 Å². The van der Waals surface area contributed by atoms with Crippen LogP contribution >= 0.6 is 15.9 Å². The van der Waals surface area contributed by atoms with Crippen molar-refractivity contribution in [2.24, 2.45) is 0 Å². The number of phenols is 2. The van der Waals surface area contributed by atoms with Crippen LogP contribution in [0.4, 0.5) is 0 Å². The van der Waals surface area contributed by atoms with Crippen LogP contribution in [0.5, 0.6) is 11.5 Å². The predicted octanol–water partition coefficient (Wildman–Crippen LogP) is 6.01. The zero-order valence-corrected chi connectivity index (χ0v) is 15.1. The number of benzene rings is 2. The molecule has 0 amide bonds. The molecule has 0 spiro atoms. The van der Waals surface area contributed by atoms with Gasteiger partial charge in [-0.1, -0.05) is 28.8 Å². The van der Waals surface area contributed by atoms with Crippen LogP contribution in [0.2, 0.25) is 0 Å². The van der Waals surface area contributed by atoms with Crippen molar-refractivity contribution >= 4 is 26.9 Å². The quantitative estimate of drug-likeness (QED) is 0.384. The molecule has 2 aromatic carbocycles. The van der Waals surface area contributed by atoms with E-state index in [1.54, 1.807) is 24.3 Å². The molecule has 3 rings (SSSR count). The van der Waals surface area contributed by atoms with Gasteiger partial charge in [0.25, 0.3) is 0 Å². The second-order valence-corrected chi connectivity index (χ2v) is 6.78. The number of hydrogen-bond acceptors (Lipinski definition) is 3. The Morgan fingerprint density at radius 3 is 2.29 bits per heavy atom. The molecule has 2 N–H and O–H groups in total. The number of halogens is 1. The van der Waals surface area contributed by atoms with Gasteiger partial charge in [0.15, 0.2) is 0 Å². The van der Waals surface area contributed by atoms with Crippen molar-refractivity contribution in [3.8, 4) is 22.8 Å². The SMILES string of the molecule is Oc1ccc(-c2oc3cc(O)ccc3c2CCCCCCBr)cc1. The van der Waals surface area contributed by atoms with Crippen molar-refractivity contribution in [1.82, 2.24) is 0 Å². The molecular weight excluding hydrogens is 368 g/mol. The van der Waals surface area contributed by atoms with Gasteiger partial charge < -0.3 is 14.6 Å². The van der Waals surface area contributed by atoms with E-state index >= 15 is 0 Å². The highest BCUT2D eigenvalue weighted by molar-refractivity contribution is 9.09. The van der Waals surface area contributed by atoms with Gasteiger partial charge in [-0.15, -0.1) is 0 Å². The van der Waals surface area contributed by atoms with Crippen molar-refractivity contribution in [3.63, 3.8) is 0 Å². The fourth-order valence-electron chi connectivity index (χ4n) is 2.98. The summed E-state index contributed by atoms with van der Waals surface area (Å²) in [6.45, 7) is 0. The van der Waals surface area contributed by atoms with Crippen LogP contribution in [-0.2, 0) is 6.42 Å². The van der Waals surface area contributed by atoms with Gasteiger partial charge in [0.1, 0.15) is 22.8 Å². The van der Waals surface area contributed by atoms with Crippen molar-refractivity contribution in [2.75, 3.05) is 5.33 Å². The van der Waals surface area contributed by atoms with Gasteiger partial charge in [0, 0.05) is 27.9 Å². The smallest absolute Gasteiger partial charge is 0.138 e. The Morgan fingerprint density at radius 1 is 0.833 bits per heavy atom. The first kappa shape index (κ1) is 16.9. The Kier molecular flexibility index (Phi) is 5.46. The first-order valence-electron chi connectivity index (χ1n) is 8.29. The van der Waals surface area contributed by atoms with E-state index in [0.717, 1.165) is 34.9 Å². The summed E-state index contributed by atoms with van der Waals surface area (Å²) in [6.07, 6.45) is 5.65. The van der Waals surface area contributed by atoms with Crippen molar-refractivity contribution < 1.29 is 14.6 Å². The lowest BCUT2D eigenvalue weighted by Gasteiger charge is -2.04. The molecule has 4 heteroatoms. The molecule has 0 fully saturated rings. The average molecular weight is 389 g/mol. The van der Waals surface area contributed by atoms with Crippen molar-refractivity contribution in [1.29, 1.82) is 0 Å². The van der Waals surface area contributed by atoms with Crippen LogP contribution in [0.1, 0.15) is 31.2 Å². The standard InChI is InChI=1S/C20H21BrO3/c21-12-4-2-1-3-5-18-17-11-10-16(23)13-19(17)24-20(18)14-6-8-15(22)9-7-14/h6-11,13,22-23H,1-5,12H2. The maximum atomic E-state index is 9.71. The molecule has 0 atom stereocenters. The van der Waals surface area contributed by atoms with E-state index in [2.05, 4.69) is 15.9 Å². The fraction of sp³-hybridized carbons (Fsp3) is 0.300. The number of furan rings is 1. The second kappa shape index (κ2) is 7.75. The molecule has 0 unspecified atom stereocenters. The number of aromatic hydroxyl groups is 2. The Hall–Kier alpha value is -1.94. The molecular formula is C20H21BrO3. The molecule has 0 aliphatic carbocycles. The van der Waals surface area contributed by atoms with Gasteiger partial charge in [-0.2, -0.15) is 0 Å². The summed E-state index contributed by atoms with van der Waals surface area (Å²) >= 11 is 3.47. The molecule has 3 aromatic rings. The van der Waals surface area contributed by atoms with E-state index in [-0.39, 0.29) is 11.5 Å². The van der Waals surface area contributed by atoms with Gasteiger partial charge in [0.2, 0.25) is 0 Å². The summed E-state index contributed by atoms with van der Waals surface area (Å²) in [4.78, 5) is 0. The molecule has 0 aliphatic rings. The molecule has 1 aromatic heterocycles. The fourth-order valence-corrected chi connectivity index (χ4v) is 3.38. The molecule has 0 saturated carbocycles. The molecule has 126 valence electrons. The Morgan fingerprint density at radius 2 is 1.54 bits per heavy atom. The molecule has 0 aliphatic heterocycles. The van der Waals surface area contributed by atoms with E-state index in [9.17, 15) is 10.2 Å². The zero-order chi connectivity index (χ0) is 16.9. The highest BCUT2D eigenvalue weighted by Crippen LogP contribution is 2.36. The summed E-state index contributed by atoms with van der Waals surface area (Å²) in [6, 6.07) is 12.3. The minimum absolute atomic E-state index is 0.206. The molecule has 0 saturated heterocycles. The Balaban J connectivity index is 1.93. The van der Waals surface area contributed by atoms with Crippen LogP contribution in [0, 0.1) is 0 Å². The third-order valence-electron chi connectivity index (χ3n) is 4.22. The van der Waals surface area contributed by atoms with Crippen LogP contribution in [0.3, 0.4) is 0 Å². The van der Waals surface area contributed by atoms with Gasteiger partial charge in [-0.25, -0.2) is 0 Å². The van der Waals surface area contributed by atoms with E-state index in [4.69, 9.17) is 4.42 Å². The lowest BCUT2D eigenvalue weighted by molar-refractivity contribution is 0.474. The lowest BCUT2D eigenvalue weighted by atomic mass is 9.99. The number of unbranched alkanes of at least 4 members (excludes halogenated alkanes) is 3. The number of rotatable bonds is 7. The van der Waals surface area contributed by atoms with Crippen LogP contribution in [0.15, 0.2) is 46.9 Å². The summed E-state index contributed by atoms with van der Waals surface area (Å²) < 4.78 is 6.03. The summed E-state index contributed by atoms with van der Waals surface area (Å²) in [5.41, 5.74) is 2.82. The first-order chi connectivity index (χ1) is 11.7. The Labute approximate surface area is 150 Å². The van der Waals surface area contributed by atoms with E-state index < -0.39 is 0 Å². The highest BCUT2D eigenvalue weighted by Gasteiger charge is 2.16. The lowest BCUT2D eigenvalue weighted by Crippen LogP contribution is -1.88. The largest absolute Gasteiger partial charge is 0.508 e. The number of alkyl halides is 1. The summed E-state index contributed by atoms with van der Waals surface area (Å²) in [5.74, 6) is 1.28. The number of fused-ring (bicyclic) bond motifs is 1. The van der Waals surface area contributed by atoms with E-state index in [1.165, 1.54) is 24.8 Å². The normalized spacial score (nSPS) is 11.2. The molecule has 0 bridgehead atoms. The average Bonchev–Trinajstić information content (AvgIpc) is 2.93. The van der Waals surface area contributed by atoms with Gasteiger partial charge in [-0.3, -0.25) is 0 Å². The number of aryl methyl sites for hydroxylation is 1. The van der Waals surface area contributed by atoms with Gasteiger partial charge in [0.05, 0.1) is 0 Å². The maximum absolute atomic E-state index is 9.71. The van der Waals surface area contributed by atoms with Crippen molar-refractivity contribution in [2.45, 2.75) is 32.1 Å². The third kappa shape index (κ3) is 3.75. The summed E-state index contributed by atoms with van der Waals surface area (Å²) in [5, 5.41) is 21.3. The number of hydrogen-bond donors (Lipinski definition) is 2.